The second-order valence-corrected chi connectivity index (χ2v) is 5.04. The molecule has 0 bridgehead atoms. The van der Waals surface area contributed by atoms with E-state index in [-0.39, 0.29) is 12.6 Å². The Kier molecular flexibility index (Phi) is 6.52. The van der Waals surface area contributed by atoms with E-state index in [1.807, 2.05) is 27.7 Å². The van der Waals surface area contributed by atoms with Gasteiger partial charge in [-0.1, -0.05) is 13.8 Å². The Balaban J connectivity index is 2.48. The van der Waals surface area contributed by atoms with Gasteiger partial charge in [-0.2, -0.15) is 0 Å². The number of aliphatic hydroxyl groups is 1. The van der Waals surface area contributed by atoms with Gasteiger partial charge in [0.1, 0.15) is 12.7 Å². The van der Waals surface area contributed by atoms with Crippen LogP contribution in [0.25, 0.3) is 0 Å². The summed E-state index contributed by atoms with van der Waals surface area (Å²) in [5, 5.41) is 16.1. The number of hydrogen-bond donors (Lipinski definition) is 3. The zero-order valence-corrected chi connectivity index (χ0v) is 12.1. The van der Waals surface area contributed by atoms with Crippen molar-refractivity contribution in [3.63, 3.8) is 0 Å². The first-order valence-corrected chi connectivity index (χ1v) is 6.60. The van der Waals surface area contributed by atoms with E-state index < -0.39 is 6.10 Å². The second kappa shape index (κ2) is 7.91. The summed E-state index contributed by atoms with van der Waals surface area (Å²) >= 11 is 0. The van der Waals surface area contributed by atoms with Crippen molar-refractivity contribution in [2.75, 3.05) is 18.5 Å². The smallest absolute Gasteiger partial charge is 0.257 e. The van der Waals surface area contributed by atoms with Crippen molar-refractivity contribution in [3.05, 3.63) is 12.4 Å². The number of ether oxygens (including phenoxy) is 1. The lowest BCUT2D eigenvalue weighted by Gasteiger charge is -2.16. The van der Waals surface area contributed by atoms with Crippen LogP contribution >= 0.6 is 0 Å². The van der Waals surface area contributed by atoms with Crippen molar-refractivity contribution < 1.29 is 9.84 Å². The van der Waals surface area contributed by atoms with Crippen LogP contribution in [-0.2, 0) is 0 Å². The minimum atomic E-state index is -0.573. The highest BCUT2D eigenvalue weighted by atomic mass is 16.5. The van der Waals surface area contributed by atoms with Crippen LogP contribution in [0.15, 0.2) is 12.4 Å². The molecule has 0 spiro atoms. The molecule has 0 fully saturated rings. The van der Waals surface area contributed by atoms with Crippen molar-refractivity contribution in [3.8, 4) is 5.88 Å². The molecule has 108 valence electrons. The van der Waals surface area contributed by atoms with E-state index in [0.29, 0.717) is 24.3 Å². The molecule has 1 aromatic heterocycles. The quantitative estimate of drug-likeness (QED) is 0.653. The summed E-state index contributed by atoms with van der Waals surface area (Å²) in [7, 11) is 0. The molecule has 1 aromatic rings. The lowest BCUT2D eigenvalue weighted by Crippen LogP contribution is -2.35. The fraction of sp³-hybridized carbons (Fsp3) is 0.692. The van der Waals surface area contributed by atoms with Gasteiger partial charge in [-0.3, -0.25) is 0 Å². The SMILES string of the molecule is CC(C)NCC(O)COc1nccnc1NC(C)C. The Bertz CT molecular complexity index is 371. The van der Waals surface area contributed by atoms with Crippen LogP contribution in [0.1, 0.15) is 27.7 Å². The van der Waals surface area contributed by atoms with E-state index in [4.69, 9.17) is 4.74 Å². The summed E-state index contributed by atoms with van der Waals surface area (Å²) in [5.41, 5.74) is 0. The summed E-state index contributed by atoms with van der Waals surface area (Å²) in [6.45, 7) is 8.76. The highest BCUT2D eigenvalue weighted by Crippen LogP contribution is 2.18. The number of aliphatic hydroxyl groups excluding tert-OH is 1. The second-order valence-electron chi connectivity index (χ2n) is 5.04. The fourth-order valence-corrected chi connectivity index (χ4v) is 1.41. The summed E-state index contributed by atoms with van der Waals surface area (Å²) in [6.07, 6.45) is 2.60. The molecule has 6 nitrogen and oxygen atoms in total. The van der Waals surface area contributed by atoms with Gasteiger partial charge in [0.05, 0.1) is 0 Å². The van der Waals surface area contributed by atoms with E-state index in [2.05, 4.69) is 20.6 Å². The van der Waals surface area contributed by atoms with Crippen LogP contribution in [0.2, 0.25) is 0 Å². The number of rotatable bonds is 8. The highest BCUT2D eigenvalue weighted by molar-refractivity contribution is 5.45. The van der Waals surface area contributed by atoms with Gasteiger partial charge < -0.3 is 20.5 Å². The number of aromatic nitrogens is 2. The van der Waals surface area contributed by atoms with Gasteiger partial charge in [-0.05, 0) is 13.8 Å². The van der Waals surface area contributed by atoms with Gasteiger partial charge in [0.15, 0.2) is 5.82 Å². The van der Waals surface area contributed by atoms with Crippen molar-refractivity contribution in [2.24, 2.45) is 0 Å². The lowest BCUT2D eigenvalue weighted by atomic mass is 10.3. The van der Waals surface area contributed by atoms with Gasteiger partial charge in [-0.15, -0.1) is 0 Å². The molecule has 0 amide bonds. The van der Waals surface area contributed by atoms with Crippen LogP contribution in [0.5, 0.6) is 5.88 Å². The molecule has 1 atom stereocenters. The Morgan fingerprint density at radius 1 is 1.16 bits per heavy atom. The van der Waals surface area contributed by atoms with Crippen molar-refractivity contribution in [1.29, 1.82) is 0 Å². The van der Waals surface area contributed by atoms with Crippen LogP contribution in [0.4, 0.5) is 5.82 Å². The molecule has 1 rings (SSSR count). The largest absolute Gasteiger partial charge is 0.472 e. The summed E-state index contributed by atoms with van der Waals surface area (Å²) < 4.78 is 5.51. The predicted molar refractivity (Wildman–Crippen MR) is 75.4 cm³/mol. The molecule has 3 N–H and O–H groups in total. The first-order chi connectivity index (χ1) is 8.99. The Hall–Kier alpha value is -1.40. The molecule has 0 aromatic carbocycles. The van der Waals surface area contributed by atoms with Gasteiger partial charge in [0.2, 0.25) is 0 Å². The van der Waals surface area contributed by atoms with E-state index in [1.165, 1.54) is 0 Å². The molecule has 1 unspecified atom stereocenters. The average molecular weight is 268 g/mol. The predicted octanol–water partition coefficient (Wildman–Crippen LogP) is 1.03. The molecular formula is C13H24N4O2. The maximum atomic E-state index is 9.78. The minimum Gasteiger partial charge on any atom is -0.472 e. The zero-order valence-electron chi connectivity index (χ0n) is 12.1. The van der Waals surface area contributed by atoms with Gasteiger partial charge in [0.25, 0.3) is 5.88 Å². The fourth-order valence-electron chi connectivity index (χ4n) is 1.41. The van der Waals surface area contributed by atoms with Crippen LogP contribution in [0, 0.1) is 0 Å². The van der Waals surface area contributed by atoms with Crippen molar-refractivity contribution in [2.45, 2.75) is 45.9 Å². The lowest BCUT2D eigenvalue weighted by molar-refractivity contribution is 0.102. The first kappa shape index (κ1) is 15.7. The third kappa shape index (κ3) is 6.35. The molecule has 1 heterocycles. The van der Waals surface area contributed by atoms with E-state index in [9.17, 15) is 5.11 Å². The maximum absolute atomic E-state index is 9.78. The van der Waals surface area contributed by atoms with E-state index in [0.717, 1.165) is 0 Å². The summed E-state index contributed by atoms with van der Waals surface area (Å²) in [6, 6.07) is 0.580. The molecule has 0 aliphatic carbocycles. The maximum Gasteiger partial charge on any atom is 0.257 e. The van der Waals surface area contributed by atoms with Crippen LogP contribution < -0.4 is 15.4 Å². The van der Waals surface area contributed by atoms with Crippen LogP contribution in [-0.4, -0.2) is 46.4 Å². The average Bonchev–Trinajstić information content (AvgIpc) is 2.34. The Labute approximate surface area is 114 Å². The number of nitrogens with zero attached hydrogens (tertiary/aromatic N) is 2. The Morgan fingerprint density at radius 3 is 2.47 bits per heavy atom. The standard InChI is InChI=1S/C13H24N4O2/c1-9(2)16-7-11(18)8-19-13-12(17-10(3)4)14-5-6-15-13/h5-6,9-11,16,18H,7-8H2,1-4H3,(H,14,17). The van der Waals surface area contributed by atoms with Gasteiger partial charge in [-0.25, -0.2) is 9.97 Å². The molecular weight excluding hydrogens is 244 g/mol. The van der Waals surface area contributed by atoms with Crippen LogP contribution in [0.3, 0.4) is 0 Å². The minimum absolute atomic E-state index is 0.186. The molecule has 0 saturated carbocycles. The van der Waals surface area contributed by atoms with Crippen molar-refractivity contribution >= 4 is 5.82 Å². The molecule has 19 heavy (non-hydrogen) atoms. The summed E-state index contributed by atoms with van der Waals surface area (Å²) in [5.74, 6) is 1.02. The number of nitrogens with one attached hydrogen (secondary N) is 2. The summed E-state index contributed by atoms with van der Waals surface area (Å²) in [4.78, 5) is 8.30. The monoisotopic (exact) mass is 268 g/mol. The number of hydrogen-bond acceptors (Lipinski definition) is 6. The third-order valence-corrected chi connectivity index (χ3v) is 2.26. The molecule has 0 saturated heterocycles. The molecule has 0 aliphatic heterocycles. The highest BCUT2D eigenvalue weighted by Gasteiger charge is 2.11. The van der Waals surface area contributed by atoms with E-state index >= 15 is 0 Å². The Morgan fingerprint density at radius 2 is 1.84 bits per heavy atom. The van der Waals surface area contributed by atoms with Gasteiger partial charge >= 0.3 is 0 Å². The normalized spacial score (nSPS) is 12.8. The van der Waals surface area contributed by atoms with E-state index in [1.54, 1.807) is 12.4 Å². The number of anilines is 1. The zero-order chi connectivity index (χ0) is 14.3. The topological polar surface area (TPSA) is 79.3 Å². The van der Waals surface area contributed by atoms with Crippen molar-refractivity contribution in [1.82, 2.24) is 15.3 Å². The third-order valence-electron chi connectivity index (χ3n) is 2.26. The van der Waals surface area contributed by atoms with Gasteiger partial charge in [0, 0.05) is 31.0 Å². The first-order valence-electron chi connectivity index (χ1n) is 6.60. The molecule has 0 radical (unpaired) electrons. The molecule has 6 heteroatoms. The molecule has 0 aliphatic rings.